The van der Waals surface area contributed by atoms with Crippen LogP contribution in [0.5, 0.6) is 0 Å². The van der Waals surface area contributed by atoms with Gasteiger partial charge < -0.3 is 20.0 Å². The third-order valence-corrected chi connectivity index (χ3v) is 2.96. The number of furan rings is 1. The van der Waals surface area contributed by atoms with Crippen LogP contribution in [-0.4, -0.2) is 37.4 Å². The summed E-state index contributed by atoms with van der Waals surface area (Å²) in [5, 5.41) is 5.27. The van der Waals surface area contributed by atoms with Crippen LogP contribution in [0, 0.1) is 0 Å². The molecule has 2 aromatic rings. The molecule has 7 nitrogen and oxygen atoms in total. The molecule has 0 aliphatic rings. The fourth-order valence-electron chi connectivity index (χ4n) is 1.88. The van der Waals surface area contributed by atoms with Gasteiger partial charge in [-0.25, -0.2) is 4.98 Å². The number of amides is 2. The van der Waals surface area contributed by atoms with Gasteiger partial charge in [0.1, 0.15) is 12.1 Å². The van der Waals surface area contributed by atoms with Crippen molar-refractivity contribution >= 4 is 17.6 Å². The minimum Gasteiger partial charge on any atom is -0.472 e. The largest absolute Gasteiger partial charge is 0.472 e. The number of hydrogen-bond acceptors (Lipinski definition) is 5. The summed E-state index contributed by atoms with van der Waals surface area (Å²) >= 11 is 0. The Morgan fingerprint density at radius 1 is 1.27 bits per heavy atom. The van der Waals surface area contributed by atoms with E-state index in [2.05, 4.69) is 15.6 Å². The third kappa shape index (κ3) is 4.08. The molecule has 0 aromatic carbocycles. The second-order valence-corrected chi connectivity index (χ2v) is 4.85. The van der Waals surface area contributed by atoms with Crippen molar-refractivity contribution in [2.75, 3.05) is 25.5 Å². The lowest BCUT2D eigenvalue weighted by Crippen LogP contribution is -2.36. The van der Waals surface area contributed by atoms with Crippen LogP contribution in [-0.2, 0) is 11.3 Å². The molecule has 0 unspecified atom stereocenters. The zero-order valence-corrected chi connectivity index (χ0v) is 12.5. The van der Waals surface area contributed by atoms with Crippen LogP contribution < -0.4 is 15.5 Å². The van der Waals surface area contributed by atoms with Gasteiger partial charge in [0.25, 0.3) is 5.91 Å². The third-order valence-electron chi connectivity index (χ3n) is 2.96. The van der Waals surface area contributed by atoms with E-state index in [0.29, 0.717) is 12.1 Å². The molecule has 22 heavy (non-hydrogen) atoms. The Kier molecular flexibility index (Phi) is 5.13. The lowest BCUT2D eigenvalue weighted by molar-refractivity contribution is -0.120. The summed E-state index contributed by atoms with van der Waals surface area (Å²) in [5.74, 6) is 0.176. The summed E-state index contributed by atoms with van der Waals surface area (Å²) in [4.78, 5) is 29.6. The van der Waals surface area contributed by atoms with Crippen molar-refractivity contribution in [3.05, 3.63) is 48.0 Å². The van der Waals surface area contributed by atoms with Crippen LogP contribution in [0.25, 0.3) is 0 Å². The van der Waals surface area contributed by atoms with Gasteiger partial charge >= 0.3 is 0 Å². The van der Waals surface area contributed by atoms with Crippen LogP contribution in [0.4, 0.5) is 5.82 Å². The van der Waals surface area contributed by atoms with Gasteiger partial charge in [0.05, 0.1) is 18.4 Å². The molecular formula is C15H18N4O3. The maximum absolute atomic E-state index is 11.8. The number of rotatable bonds is 6. The maximum atomic E-state index is 11.8. The number of nitrogens with one attached hydrogen (secondary N) is 2. The lowest BCUT2D eigenvalue weighted by atomic mass is 10.2. The van der Waals surface area contributed by atoms with E-state index in [9.17, 15) is 9.59 Å². The van der Waals surface area contributed by atoms with E-state index in [0.717, 1.165) is 11.4 Å². The van der Waals surface area contributed by atoms with Gasteiger partial charge in [0.2, 0.25) is 5.91 Å². The van der Waals surface area contributed by atoms with Gasteiger partial charge in [-0.2, -0.15) is 0 Å². The van der Waals surface area contributed by atoms with Gasteiger partial charge in [-0.1, -0.05) is 6.07 Å². The highest BCUT2D eigenvalue weighted by molar-refractivity contribution is 5.96. The molecule has 0 fully saturated rings. The number of aromatic nitrogens is 1. The van der Waals surface area contributed by atoms with Crippen molar-refractivity contribution in [1.29, 1.82) is 0 Å². The van der Waals surface area contributed by atoms with E-state index in [4.69, 9.17) is 4.42 Å². The van der Waals surface area contributed by atoms with Crippen LogP contribution in [0.2, 0.25) is 0 Å². The van der Waals surface area contributed by atoms with Crippen LogP contribution in [0.3, 0.4) is 0 Å². The first-order valence-corrected chi connectivity index (χ1v) is 6.76. The van der Waals surface area contributed by atoms with Crippen molar-refractivity contribution < 1.29 is 14.0 Å². The Labute approximate surface area is 128 Å². The average molecular weight is 302 g/mol. The minimum absolute atomic E-state index is 0.0957. The summed E-state index contributed by atoms with van der Waals surface area (Å²) in [6.07, 6.45) is 4.43. The average Bonchev–Trinajstić information content (AvgIpc) is 3.05. The quantitative estimate of drug-likeness (QED) is 0.823. The van der Waals surface area contributed by atoms with Crippen molar-refractivity contribution in [3.8, 4) is 0 Å². The van der Waals surface area contributed by atoms with Crippen molar-refractivity contribution in [2.45, 2.75) is 6.54 Å². The van der Waals surface area contributed by atoms with Crippen molar-refractivity contribution in [1.82, 2.24) is 15.6 Å². The molecule has 0 radical (unpaired) electrons. The second-order valence-electron chi connectivity index (χ2n) is 4.85. The first kappa shape index (κ1) is 15.6. The molecular weight excluding hydrogens is 284 g/mol. The van der Waals surface area contributed by atoms with Gasteiger partial charge in [-0.05, 0) is 12.1 Å². The Morgan fingerprint density at radius 3 is 2.77 bits per heavy atom. The SMILES string of the molecule is CN(C)c1ncccc1CNC(=O)CNC(=O)c1ccoc1. The van der Waals surface area contributed by atoms with Gasteiger partial charge in [0, 0.05) is 32.4 Å². The molecule has 0 bridgehead atoms. The molecule has 116 valence electrons. The molecule has 2 heterocycles. The summed E-state index contributed by atoms with van der Waals surface area (Å²) in [6, 6.07) is 5.24. The number of anilines is 1. The molecule has 0 saturated carbocycles. The van der Waals surface area contributed by atoms with Crippen LogP contribution >= 0.6 is 0 Å². The molecule has 2 N–H and O–H groups in total. The maximum Gasteiger partial charge on any atom is 0.254 e. The van der Waals surface area contributed by atoms with E-state index >= 15 is 0 Å². The Balaban J connectivity index is 1.82. The zero-order valence-electron chi connectivity index (χ0n) is 12.5. The Bertz CT molecular complexity index is 638. The van der Waals surface area contributed by atoms with Crippen LogP contribution in [0.15, 0.2) is 41.3 Å². The van der Waals surface area contributed by atoms with Gasteiger partial charge in [0.15, 0.2) is 0 Å². The molecule has 0 atom stereocenters. The predicted molar refractivity (Wildman–Crippen MR) is 81.5 cm³/mol. The number of nitrogens with zero attached hydrogens (tertiary/aromatic N) is 2. The second kappa shape index (κ2) is 7.26. The zero-order chi connectivity index (χ0) is 15.9. The van der Waals surface area contributed by atoms with E-state index in [1.54, 1.807) is 6.20 Å². The minimum atomic E-state index is -0.348. The first-order chi connectivity index (χ1) is 10.6. The fraction of sp³-hybridized carbons (Fsp3) is 0.267. The first-order valence-electron chi connectivity index (χ1n) is 6.76. The van der Waals surface area contributed by atoms with Crippen molar-refractivity contribution in [2.24, 2.45) is 0 Å². The molecule has 0 aliphatic heterocycles. The number of carbonyl (C=O) groups excluding carboxylic acids is 2. The summed E-state index contributed by atoms with van der Waals surface area (Å²) in [7, 11) is 3.78. The number of hydrogen-bond donors (Lipinski definition) is 2. The predicted octanol–water partition coefficient (Wildman–Crippen LogP) is 0.787. The number of carbonyl (C=O) groups is 2. The summed E-state index contributed by atoms with van der Waals surface area (Å²) in [5.41, 5.74) is 1.29. The Morgan fingerprint density at radius 2 is 2.09 bits per heavy atom. The molecule has 0 aliphatic carbocycles. The van der Waals surface area contributed by atoms with Crippen LogP contribution in [0.1, 0.15) is 15.9 Å². The van der Waals surface area contributed by atoms with E-state index in [1.165, 1.54) is 18.6 Å². The molecule has 2 aromatic heterocycles. The molecule has 2 rings (SSSR count). The van der Waals surface area contributed by atoms with E-state index in [1.807, 2.05) is 31.1 Å². The highest BCUT2D eigenvalue weighted by Crippen LogP contribution is 2.13. The molecule has 2 amide bonds. The lowest BCUT2D eigenvalue weighted by Gasteiger charge is -2.16. The highest BCUT2D eigenvalue weighted by Gasteiger charge is 2.10. The molecule has 7 heteroatoms. The molecule has 0 spiro atoms. The molecule has 0 saturated heterocycles. The standard InChI is InChI=1S/C15H18N4O3/c1-19(2)14-11(4-3-6-16-14)8-17-13(20)9-18-15(21)12-5-7-22-10-12/h3-7,10H,8-9H2,1-2H3,(H,17,20)(H,18,21). The van der Waals surface area contributed by atoms with E-state index < -0.39 is 0 Å². The highest BCUT2D eigenvalue weighted by atomic mass is 16.3. The van der Waals surface area contributed by atoms with E-state index in [-0.39, 0.29) is 18.4 Å². The summed E-state index contributed by atoms with van der Waals surface area (Å²) in [6.45, 7) is 0.253. The Hall–Kier alpha value is -2.83. The van der Waals surface area contributed by atoms with Crippen molar-refractivity contribution in [3.63, 3.8) is 0 Å². The topological polar surface area (TPSA) is 87.5 Å². The monoisotopic (exact) mass is 302 g/mol. The smallest absolute Gasteiger partial charge is 0.254 e. The normalized spacial score (nSPS) is 10.1. The summed E-state index contributed by atoms with van der Waals surface area (Å²) < 4.78 is 4.81. The van der Waals surface area contributed by atoms with Gasteiger partial charge in [-0.3, -0.25) is 9.59 Å². The number of pyridine rings is 1. The fourth-order valence-corrected chi connectivity index (χ4v) is 1.88. The van der Waals surface area contributed by atoms with Gasteiger partial charge in [-0.15, -0.1) is 0 Å².